The van der Waals surface area contributed by atoms with Crippen molar-refractivity contribution in [1.29, 1.82) is 0 Å². The van der Waals surface area contributed by atoms with E-state index in [0.717, 1.165) is 4.90 Å². The van der Waals surface area contributed by atoms with Gasteiger partial charge in [-0.25, -0.2) is 0 Å². The van der Waals surface area contributed by atoms with E-state index in [2.05, 4.69) is 0 Å². The van der Waals surface area contributed by atoms with Crippen LogP contribution < -0.4 is 0 Å². The number of ether oxygens (including phenoxy) is 5. The standard InChI is InChI=1S/C20H24O9S/c1-11(21)25-10-16-17(26-12(2)22)18(27-13(3)23)19(28-14(4)24)20(29-16)30-15-8-6-5-7-9-15/h5-9,16-20H,10H2,1-4H3/t16?,17-,18?,19?,20+/m0/s1. The van der Waals surface area contributed by atoms with Crippen molar-refractivity contribution >= 4 is 35.6 Å². The maximum Gasteiger partial charge on any atom is 0.303 e. The second-order valence-electron chi connectivity index (χ2n) is 6.50. The molecule has 0 saturated carbocycles. The van der Waals surface area contributed by atoms with Crippen molar-refractivity contribution < 1.29 is 42.9 Å². The molecule has 1 aliphatic rings. The maximum absolute atomic E-state index is 11.8. The summed E-state index contributed by atoms with van der Waals surface area (Å²) >= 11 is 1.23. The summed E-state index contributed by atoms with van der Waals surface area (Å²) in [5, 5.41) is 0. The first kappa shape index (κ1) is 23.7. The van der Waals surface area contributed by atoms with E-state index >= 15 is 0 Å². The minimum Gasteiger partial charge on any atom is -0.463 e. The van der Waals surface area contributed by atoms with Crippen LogP contribution in [0.1, 0.15) is 27.7 Å². The molecule has 0 aliphatic carbocycles. The number of carbonyl (C=O) groups is 4. The van der Waals surface area contributed by atoms with Gasteiger partial charge in [0.05, 0.1) is 0 Å². The molecule has 1 heterocycles. The van der Waals surface area contributed by atoms with Crippen molar-refractivity contribution in [3.8, 4) is 0 Å². The minimum absolute atomic E-state index is 0.246. The molecule has 0 aromatic heterocycles. The van der Waals surface area contributed by atoms with E-state index in [0.29, 0.717) is 0 Å². The Morgan fingerprint density at radius 2 is 1.33 bits per heavy atom. The molecular formula is C20H24O9S. The molecule has 2 rings (SSSR count). The maximum atomic E-state index is 11.8. The molecule has 0 amide bonds. The molecule has 1 aromatic carbocycles. The van der Waals surface area contributed by atoms with Crippen LogP contribution in [-0.4, -0.2) is 60.3 Å². The summed E-state index contributed by atoms with van der Waals surface area (Å²) in [7, 11) is 0. The molecular weight excluding hydrogens is 416 g/mol. The molecule has 0 spiro atoms. The van der Waals surface area contributed by atoms with E-state index in [1.807, 2.05) is 30.3 Å². The molecule has 164 valence electrons. The molecule has 1 saturated heterocycles. The van der Waals surface area contributed by atoms with Gasteiger partial charge in [-0.3, -0.25) is 19.2 Å². The van der Waals surface area contributed by atoms with Gasteiger partial charge in [-0.15, -0.1) is 0 Å². The molecule has 1 aliphatic heterocycles. The average Bonchev–Trinajstić information content (AvgIpc) is 2.64. The lowest BCUT2D eigenvalue weighted by Crippen LogP contribution is -2.61. The number of carbonyl (C=O) groups excluding carboxylic acids is 4. The largest absolute Gasteiger partial charge is 0.463 e. The lowest BCUT2D eigenvalue weighted by Gasteiger charge is -2.44. The fraction of sp³-hybridized carbons (Fsp3) is 0.500. The summed E-state index contributed by atoms with van der Waals surface area (Å²) < 4.78 is 27.2. The first-order chi connectivity index (χ1) is 14.2. The van der Waals surface area contributed by atoms with Crippen LogP contribution in [0.5, 0.6) is 0 Å². The third-order valence-corrected chi connectivity index (χ3v) is 5.10. The van der Waals surface area contributed by atoms with Crippen LogP contribution in [0.25, 0.3) is 0 Å². The Labute approximate surface area is 178 Å². The van der Waals surface area contributed by atoms with E-state index in [-0.39, 0.29) is 6.61 Å². The Bertz CT molecular complexity index is 767. The summed E-state index contributed by atoms with van der Waals surface area (Å²) in [6, 6.07) is 9.16. The van der Waals surface area contributed by atoms with Crippen LogP contribution in [0, 0.1) is 0 Å². The molecule has 9 nitrogen and oxygen atoms in total. The number of hydrogen-bond acceptors (Lipinski definition) is 10. The van der Waals surface area contributed by atoms with Crippen LogP contribution in [0.3, 0.4) is 0 Å². The SMILES string of the molecule is CC(=O)OCC1O[C@H](Sc2ccccc2)C(OC(C)=O)C(OC(C)=O)[C@H]1OC(C)=O. The highest BCUT2D eigenvalue weighted by atomic mass is 32.2. The third-order valence-electron chi connectivity index (χ3n) is 3.94. The van der Waals surface area contributed by atoms with Gasteiger partial charge in [0.25, 0.3) is 0 Å². The molecule has 30 heavy (non-hydrogen) atoms. The average molecular weight is 440 g/mol. The lowest BCUT2D eigenvalue weighted by atomic mass is 9.99. The predicted molar refractivity (Wildman–Crippen MR) is 104 cm³/mol. The van der Waals surface area contributed by atoms with Crippen LogP contribution in [0.2, 0.25) is 0 Å². The van der Waals surface area contributed by atoms with Crippen molar-refractivity contribution in [2.45, 2.75) is 62.4 Å². The van der Waals surface area contributed by atoms with Crippen molar-refractivity contribution in [3.63, 3.8) is 0 Å². The molecule has 5 atom stereocenters. The Hall–Kier alpha value is -2.59. The number of esters is 4. The molecule has 1 fully saturated rings. The van der Waals surface area contributed by atoms with Crippen molar-refractivity contribution in [3.05, 3.63) is 30.3 Å². The topological polar surface area (TPSA) is 114 Å². The zero-order valence-electron chi connectivity index (χ0n) is 17.1. The van der Waals surface area contributed by atoms with E-state index in [1.54, 1.807) is 0 Å². The van der Waals surface area contributed by atoms with Gasteiger partial charge in [0, 0.05) is 32.6 Å². The first-order valence-electron chi connectivity index (χ1n) is 9.19. The first-order valence-corrected chi connectivity index (χ1v) is 10.1. The molecule has 0 bridgehead atoms. The highest BCUT2D eigenvalue weighted by molar-refractivity contribution is 7.99. The second kappa shape index (κ2) is 11.0. The van der Waals surface area contributed by atoms with Gasteiger partial charge < -0.3 is 23.7 Å². The van der Waals surface area contributed by atoms with Gasteiger partial charge in [-0.05, 0) is 12.1 Å². The Balaban J connectivity index is 2.42. The van der Waals surface area contributed by atoms with Gasteiger partial charge in [-0.1, -0.05) is 30.0 Å². The van der Waals surface area contributed by atoms with Crippen LogP contribution in [-0.2, 0) is 42.9 Å². The Morgan fingerprint density at radius 3 is 1.87 bits per heavy atom. The summed E-state index contributed by atoms with van der Waals surface area (Å²) in [5.41, 5.74) is -0.826. The number of benzene rings is 1. The highest BCUT2D eigenvalue weighted by Gasteiger charge is 2.52. The summed E-state index contributed by atoms with van der Waals surface area (Å²) in [6.07, 6.45) is -4.33. The zero-order valence-corrected chi connectivity index (χ0v) is 17.9. The van der Waals surface area contributed by atoms with Crippen molar-refractivity contribution in [2.24, 2.45) is 0 Å². The van der Waals surface area contributed by atoms with Crippen molar-refractivity contribution in [1.82, 2.24) is 0 Å². The summed E-state index contributed by atoms with van der Waals surface area (Å²) in [5.74, 6) is -2.51. The second-order valence-corrected chi connectivity index (χ2v) is 7.67. The summed E-state index contributed by atoms with van der Waals surface area (Å²) in [4.78, 5) is 47.3. The van der Waals surface area contributed by atoms with Gasteiger partial charge in [0.15, 0.2) is 18.3 Å². The van der Waals surface area contributed by atoms with Crippen LogP contribution in [0.15, 0.2) is 35.2 Å². The Kier molecular flexibility index (Phi) is 8.67. The monoisotopic (exact) mass is 440 g/mol. The molecule has 0 N–H and O–H groups in total. The zero-order chi connectivity index (χ0) is 22.3. The van der Waals surface area contributed by atoms with Gasteiger partial charge in [-0.2, -0.15) is 0 Å². The predicted octanol–water partition coefficient (Wildman–Crippen LogP) is 1.86. The highest BCUT2D eigenvalue weighted by Crippen LogP contribution is 2.37. The fourth-order valence-corrected chi connectivity index (χ4v) is 4.04. The van der Waals surface area contributed by atoms with Gasteiger partial charge >= 0.3 is 23.9 Å². The van der Waals surface area contributed by atoms with Gasteiger partial charge in [0.1, 0.15) is 18.1 Å². The van der Waals surface area contributed by atoms with E-state index < -0.39 is 53.7 Å². The quantitative estimate of drug-likeness (QED) is 0.460. The van der Waals surface area contributed by atoms with E-state index in [4.69, 9.17) is 23.7 Å². The fourth-order valence-electron chi connectivity index (χ4n) is 2.92. The lowest BCUT2D eigenvalue weighted by molar-refractivity contribution is -0.237. The molecule has 1 aromatic rings. The smallest absolute Gasteiger partial charge is 0.303 e. The van der Waals surface area contributed by atoms with Gasteiger partial charge in [0.2, 0.25) is 0 Å². The number of rotatable bonds is 7. The normalized spacial score (nSPS) is 25.7. The number of hydrogen-bond donors (Lipinski definition) is 0. The van der Waals surface area contributed by atoms with Crippen molar-refractivity contribution in [2.75, 3.05) is 6.61 Å². The molecule has 3 unspecified atom stereocenters. The van der Waals surface area contributed by atoms with Crippen LogP contribution in [0.4, 0.5) is 0 Å². The third kappa shape index (κ3) is 7.03. The summed E-state index contributed by atoms with van der Waals surface area (Å²) in [6.45, 7) is 4.56. The van der Waals surface area contributed by atoms with Crippen LogP contribution >= 0.6 is 11.8 Å². The van der Waals surface area contributed by atoms with E-state index in [9.17, 15) is 19.2 Å². The number of thioether (sulfide) groups is 1. The molecule has 10 heteroatoms. The minimum atomic E-state index is -1.16. The molecule has 0 radical (unpaired) electrons. The van der Waals surface area contributed by atoms with E-state index in [1.165, 1.54) is 39.5 Å². The Morgan fingerprint density at radius 1 is 0.800 bits per heavy atom.